The van der Waals surface area contributed by atoms with Crippen molar-refractivity contribution in [3.8, 4) is 5.75 Å². The van der Waals surface area contributed by atoms with Crippen LogP contribution in [0.2, 0.25) is 0 Å². The zero-order valence-corrected chi connectivity index (χ0v) is 11.3. The van der Waals surface area contributed by atoms with E-state index in [-0.39, 0.29) is 11.9 Å². The van der Waals surface area contributed by atoms with Gasteiger partial charge in [0.2, 0.25) is 5.95 Å². The summed E-state index contributed by atoms with van der Waals surface area (Å²) < 4.78 is 21.1. The van der Waals surface area contributed by atoms with Crippen LogP contribution in [0.25, 0.3) is 11.0 Å². The van der Waals surface area contributed by atoms with Gasteiger partial charge in [-0.1, -0.05) is 18.2 Å². The summed E-state index contributed by atoms with van der Waals surface area (Å²) in [5, 5.41) is 0. The second kappa shape index (κ2) is 4.48. The average Bonchev–Trinajstić information content (AvgIpc) is 3.00. The van der Waals surface area contributed by atoms with Crippen molar-refractivity contribution in [3.05, 3.63) is 53.8 Å². The molecule has 2 N–H and O–H groups in total. The van der Waals surface area contributed by atoms with Gasteiger partial charge in [-0.2, -0.15) is 0 Å². The van der Waals surface area contributed by atoms with Crippen LogP contribution < -0.4 is 10.5 Å². The lowest BCUT2D eigenvalue weighted by atomic mass is 10.1. The molecule has 0 saturated carbocycles. The standard InChI is InChI=1S/C16H14FN3O/c17-11-5-6-14-13(8-11)19-16(18)20(14)9-12-7-10-3-1-2-4-15(10)21-12/h1-6,8,12H,7,9H2,(H2,18,19). The Kier molecular flexibility index (Phi) is 2.60. The van der Waals surface area contributed by atoms with E-state index in [0.29, 0.717) is 18.0 Å². The van der Waals surface area contributed by atoms with E-state index in [2.05, 4.69) is 11.1 Å². The number of imidazole rings is 1. The first-order valence-corrected chi connectivity index (χ1v) is 6.86. The van der Waals surface area contributed by atoms with Crippen molar-refractivity contribution >= 4 is 17.0 Å². The fraction of sp³-hybridized carbons (Fsp3) is 0.188. The maximum absolute atomic E-state index is 13.2. The third-order valence-corrected chi connectivity index (χ3v) is 3.84. The molecule has 4 rings (SSSR count). The molecule has 1 atom stereocenters. The summed E-state index contributed by atoms with van der Waals surface area (Å²) in [6, 6.07) is 12.5. The molecule has 0 radical (unpaired) electrons. The summed E-state index contributed by atoms with van der Waals surface area (Å²) >= 11 is 0. The number of aromatic nitrogens is 2. The normalized spacial score (nSPS) is 16.9. The highest BCUT2D eigenvalue weighted by atomic mass is 19.1. The van der Waals surface area contributed by atoms with Crippen molar-refractivity contribution in [2.75, 3.05) is 5.73 Å². The number of benzene rings is 2. The third kappa shape index (κ3) is 2.01. The minimum absolute atomic E-state index is 0.0205. The van der Waals surface area contributed by atoms with Crippen LogP contribution in [0.3, 0.4) is 0 Å². The molecule has 0 amide bonds. The molecule has 106 valence electrons. The van der Waals surface area contributed by atoms with Crippen LogP contribution in [0, 0.1) is 5.82 Å². The number of nitrogen functional groups attached to an aromatic ring is 1. The Morgan fingerprint density at radius 1 is 1.29 bits per heavy atom. The minimum atomic E-state index is -0.309. The second-order valence-corrected chi connectivity index (χ2v) is 5.27. The second-order valence-electron chi connectivity index (χ2n) is 5.27. The van der Waals surface area contributed by atoms with Gasteiger partial charge in [-0.05, 0) is 23.8 Å². The quantitative estimate of drug-likeness (QED) is 0.786. The molecule has 5 heteroatoms. The van der Waals surface area contributed by atoms with Gasteiger partial charge in [-0.25, -0.2) is 9.37 Å². The van der Waals surface area contributed by atoms with E-state index >= 15 is 0 Å². The largest absolute Gasteiger partial charge is 0.488 e. The summed E-state index contributed by atoms with van der Waals surface area (Å²) in [5.74, 6) is 1.00. The van der Waals surface area contributed by atoms with Crippen molar-refractivity contribution in [2.45, 2.75) is 19.1 Å². The lowest BCUT2D eigenvalue weighted by molar-refractivity contribution is 0.211. The molecule has 3 aromatic rings. The molecule has 1 unspecified atom stereocenters. The maximum atomic E-state index is 13.2. The fourth-order valence-corrected chi connectivity index (χ4v) is 2.87. The summed E-state index contributed by atoms with van der Waals surface area (Å²) in [5.41, 5.74) is 8.57. The topological polar surface area (TPSA) is 53.1 Å². The zero-order valence-electron chi connectivity index (χ0n) is 11.3. The Labute approximate surface area is 121 Å². The molecule has 2 aromatic carbocycles. The molecular formula is C16H14FN3O. The van der Waals surface area contributed by atoms with Gasteiger partial charge in [0.25, 0.3) is 0 Å². The Morgan fingerprint density at radius 3 is 3.00 bits per heavy atom. The molecule has 1 aliphatic heterocycles. The lowest BCUT2D eigenvalue weighted by Crippen LogP contribution is -2.21. The van der Waals surface area contributed by atoms with E-state index in [1.165, 1.54) is 17.7 Å². The average molecular weight is 283 g/mol. The van der Waals surface area contributed by atoms with Gasteiger partial charge in [0.15, 0.2) is 0 Å². The van der Waals surface area contributed by atoms with Crippen LogP contribution in [0.4, 0.5) is 10.3 Å². The van der Waals surface area contributed by atoms with Crippen LogP contribution in [-0.4, -0.2) is 15.7 Å². The number of ether oxygens (including phenoxy) is 1. The first-order chi connectivity index (χ1) is 10.2. The molecule has 1 aliphatic rings. The van der Waals surface area contributed by atoms with Gasteiger partial charge in [0.1, 0.15) is 17.7 Å². The Morgan fingerprint density at radius 2 is 2.14 bits per heavy atom. The van der Waals surface area contributed by atoms with Crippen LogP contribution in [0.5, 0.6) is 5.75 Å². The van der Waals surface area contributed by atoms with Crippen LogP contribution >= 0.6 is 0 Å². The minimum Gasteiger partial charge on any atom is -0.488 e. The van der Waals surface area contributed by atoms with E-state index in [4.69, 9.17) is 10.5 Å². The van der Waals surface area contributed by atoms with Gasteiger partial charge in [-0.15, -0.1) is 0 Å². The predicted octanol–water partition coefficient (Wildman–Crippen LogP) is 2.76. The first kappa shape index (κ1) is 12.2. The third-order valence-electron chi connectivity index (χ3n) is 3.84. The van der Waals surface area contributed by atoms with Crippen molar-refractivity contribution in [2.24, 2.45) is 0 Å². The molecule has 21 heavy (non-hydrogen) atoms. The van der Waals surface area contributed by atoms with Crippen LogP contribution in [0.15, 0.2) is 42.5 Å². The van der Waals surface area contributed by atoms with Gasteiger partial charge in [0.05, 0.1) is 17.6 Å². The van der Waals surface area contributed by atoms with E-state index in [1.54, 1.807) is 6.07 Å². The molecule has 4 nitrogen and oxygen atoms in total. The molecule has 0 fully saturated rings. The number of fused-ring (bicyclic) bond motifs is 2. The molecule has 2 heterocycles. The van der Waals surface area contributed by atoms with Crippen molar-refractivity contribution < 1.29 is 9.13 Å². The van der Waals surface area contributed by atoms with E-state index < -0.39 is 0 Å². The smallest absolute Gasteiger partial charge is 0.201 e. The lowest BCUT2D eigenvalue weighted by Gasteiger charge is -2.13. The van der Waals surface area contributed by atoms with Crippen LogP contribution in [0.1, 0.15) is 5.56 Å². The molecule has 0 aliphatic carbocycles. The Balaban J connectivity index is 1.65. The van der Waals surface area contributed by atoms with Gasteiger partial charge >= 0.3 is 0 Å². The fourth-order valence-electron chi connectivity index (χ4n) is 2.87. The van der Waals surface area contributed by atoms with Crippen molar-refractivity contribution in [1.29, 1.82) is 0 Å². The Hall–Kier alpha value is -2.56. The summed E-state index contributed by atoms with van der Waals surface area (Å²) in [4.78, 5) is 4.21. The van der Waals surface area contributed by atoms with Crippen LogP contribution in [-0.2, 0) is 13.0 Å². The van der Waals surface area contributed by atoms with E-state index in [9.17, 15) is 4.39 Å². The van der Waals surface area contributed by atoms with Crippen molar-refractivity contribution in [1.82, 2.24) is 9.55 Å². The summed E-state index contributed by atoms with van der Waals surface area (Å²) in [7, 11) is 0. The van der Waals surface area contributed by atoms with Gasteiger partial charge in [-0.3, -0.25) is 0 Å². The molecule has 1 aromatic heterocycles. The molecule has 0 saturated heterocycles. The van der Waals surface area contributed by atoms with Gasteiger partial charge < -0.3 is 15.0 Å². The number of rotatable bonds is 2. The SMILES string of the molecule is Nc1nc2cc(F)ccc2n1CC1Cc2ccccc2O1. The number of nitrogens with two attached hydrogens (primary N) is 1. The number of halogens is 1. The van der Waals surface area contributed by atoms with Crippen molar-refractivity contribution in [3.63, 3.8) is 0 Å². The highest BCUT2D eigenvalue weighted by Crippen LogP contribution is 2.30. The molecular weight excluding hydrogens is 269 g/mol. The summed E-state index contributed by atoms with van der Waals surface area (Å²) in [6.45, 7) is 0.600. The number of hydrogen-bond acceptors (Lipinski definition) is 3. The number of hydrogen-bond donors (Lipinski definition) is 1. The predicted molar refractivity (Wildman–Crippen MR) is 78.7 cm³/mol. The molecule has 0 bridgehead atoms. The number of anilines is 1. The zero-order chi connectivity index (χ0) is 14.4. The Bertz CT molecular complexity index is 803. The summed E-state index contributed by atoms with van der Waals surface area (Å²) in [6.07, 6.45) is 0.864. The first-order valence-electron chi connectivity index (χ1n) is 6.86. The number of para-hydroxylation sites is 1. The molecule has 0 spiro atoms. The van der Waals surface area contributed by atoms with E-state index in [1.807, 2.05) is 22.8 Å². The maximum Gasteiger partial charge on any atom is 0.201 e. The number of nitrogens with zero attached hydrogens (tertiary/aromatic N) is 2. The monoisotopic (exact) mass is 283 g/mol. The van der Waals surface area contributed by atoms with E-state index in [0.717, 1.165) is 17.7 Å². The highest BCUT2D eigenvalue weighted by molar-refractivity contribution is 5.78. The highest BCUT2D eigenvalue weighted by Gasteiger charge is 2.24. The van der Waals surface area contributed by atoms with Gasteiger partial charge in [0, 0.05) is 12.5 Å².